The normalized spacial score (nSPS) is 11.8. The van der Waals surface area contributed by atoms with Gasteiger partial charge in [-0.2, -0.15) is 0 Å². The maximum Gasteiger partial charge on any atom is 0.257 e. The van der Waals surface area contributed by atoms with Crippen LogP contribution in [0.5, 0.6) is 0 Å². The summed E-state index contributed by atoms with van der Waals surface area (Å²) in [7, 11) is 1.71. The van der Waals surface area contributed by atoms with Crippen molar-refractivity contribution in [3.63, 3.8) is 0 Å². The summed E-state index contributed by atoms with van der Waals surface area (Å²) in [6, 6.07) is 15.6. The van der Waals surface area contributed by atoms with Crippen LogP contribution in [0.3, 0.4) is 0 Å². The molecule has 0 saturated heterocycles. The number of amides is 1. The van der Waals surface area contributed by atoms with Crippen molar-refractivity contribution in [3.05, 3.63) is 87.6 Å². The molecule has 1 atom stereocenters. The maximum atomic E-state index is 12.9. The number of rotatable bonds is 8. The highest BCUT2D eigenvalue weighted by atomic mass is 32.2. The van der Waals surface area contributed by atoms with Crippen molar-refractivity contribution >= 4 is 17.7 Å². The van der Waals surface area contributed by atoms with E-state index in [-0.39, 0.29) is 16.7 Å². The van der Waals surface area contributed by atoms with Gasteiger partial charge in [0, 0.05) is 49.6 Å². The number of benzene rings is 1. The summed E-state index contributed by atoms with van der Waals surface area (Å²) in [5.41, 5.74) is 3.32. The van der Waals surface area contributed by atoms with Gasteiger partial charge in [-0.05, 0) is 31.5 Å². The van der Waals surface area contributed by atoms with Gasteiger partial charge in [0.25, 0.3) is 5.56 Å². The Bertz CT molecular complexity index is 1050. The van der Waals surface area contributed by atoms with Crippen LogP contribution in [0, 0.1) is 6.92 Å². The lowest BCUT2D eigenvalue weighted by Crippen LogP contribution is -2.33. The minimum absolute atomic E-state index is 0.0726. The summed E-state index contributed by atoms with van der Waals surface area (Å²) >= 11 is 1.29. The van der Waals surface area contributed by atoms with E-state index < -0.39 is 0 Å². The Hall–Kier alpha value is -2.93. The fraction of sp³-hybridized carbons (Fsp3) is 0.304. The largest absolute Gasteiger partial charge is 0.355 e. The molecule has 1 N–H and O–H groups in total. The van der Waals surface area contributed by atoms with Crippen molar-refractivity contribution in [1.82, 2.24) is 19.9 Å². The molecule has 0 spiro atoms. The second-order valence-corrected chi connectivity index (χ2v) is 8.42. The fourth-order valence-corrected chi connectivity index (χ4v) is 3.99. The molecule has 0 saturated carbocycles. The van der Waals surface area contributed by atoms with Gasteiger partial charge in [-0.15, -0.1) is 0 Å². The molecule has 0 bridgehead atoms. The van der Waals surface area contributed by atoms with Crippen LogP contribution in [0.1, 0.15) is 29.4 Å². The van der Waals surface area contributed by atoms with Gasteiger partial charge in [-0.1, -0.05) is 48.2 Å². The lowest BCUT2D eigenvalue weighted by molar-refractivity contribution is -0.120. The molecule has 6 nitrogen and oxygen atoms in total. The molecule has 3 aromatic rings. The summed E-state index contributed by atoms with van der Waals surface area (Å²) in [6.07, 6.45) is 2.96. The molecule has 2 heterocycles. The number of nitrogens with one attached hydrogen (secondary N) is 1. The van der Waals surface area contributed by atoms with Crippen molar-refractivity contribution in [2.75, 3.05) is 6.54 Å². The number of carbonyl (C=O) groups excluding carboxylic acids is 1. The van der Waals surface area contributed by atoms with E-state index in [0.717, 1.165) is 11.3 Å². The Morgan fingerprint density at radius 2 is 1.90 bits per heavy atom. The van der Waals surface area contributed by atoms with Crippen LogP contribution in [0.25, 0.3) is 0 Å². The van der Waals surface area contributed by atoms with Gasteiger partial charge in [0.1, 0.15) is 0 Å². The van der Waals surface area contributed by atoms with Crippen LogP contribution < -0.4 is 10.9 Å². The number of aromatic nitrogens is 3. The SMILES string of the molecule is Cc1nc(SC(C)C(=O)NCCc2ccccn2)n(C)c(=O)c1Cc1ccccc1. The summed E-state index contributed by atoms with van der Waals surface area (Å²) in [4.78, 5) is 34.2. The Morgan fingerprint density at radius 1 is 1.17 bits per heavy atom. The van der Waals surface area contributed by atoms with E-state index in [1.54, 1.807) is 13.2 Å². The highest BCUT2D eigenvalue weighted by Crippen LogP contribution is 2.21. The first-order valence-electron chi connectivity index (χ1n) is 9.90. The Morgan fingerprint density at radius 3 is 2.60 bits per heavy atom. The van der Waals surface area contributed by atoms with Gasteiger partial charge < -0.3 is 5.32 Å². The molecule has 0 fully saturated rings. The smallest absolute Gasteiger partial charge is 0.257 e. The Balaban J connectivity index is 1.64. The molecule has 0 aliphatic heterocycles. The number of hydrogen-bond donors (Lipinski definition) is 1. The first-order chi connectivity index (χ1) is 14.5. The van der Waals surface area contributed by atoms with E-state index >= 15 is 0 Å². The Kier molecular flexibility index (Phi) is 7.41. The van der Waals surface area contributed by atoms with Crippen LogP contribution in [0.2, 0.25) is 0 Å². The van der Waals surface area contributed by atoms with Crippen molar-refractivity contribution in [3.8, 4) is 0 Å². The Labute approximate surface area is 180 Å². The van der Waals surface area contributed by atoms with Crippen LogP contribution in [0.4, 0.5) is 0 Å². The molecular formula is C23H26N4O2S. The van der Waals surface area contributed by atoms with E-state index in [1.807, 2.05) is 62.4 Å². The number of carbonyl (C=O) groups is 1. The molecule has 156 valence electrons. The number of nitrogens with zero attached hydrogens (tertiary/aromatic N) is 3. The highest BCUT2D eigenvalue weighted by Gasteiger charge is 2.19. The molecule has 0 aliphatic carbocycles. The van der Waals surface area contributed by atoms with Crippen molar-refractivity contribution in [2.24, 2.45) is 7.05 Å². The number of pyridine rings is 1. The zero-order valence-corrected chi connectivity index (χ0v) is 18.3. The summed E-state index contributed by atoms with van der Waals surface area (Å²) < 4.78 is 1.54. The predicted octanol–water partition coefficient (Wildman–Crippen LogP) is 2.91. The van der Waals surface area contributed by atoms with Crippen LogP contribution in [-0.4, -0.2) is 32.2 Å². The standard InChI is InChI=1S/C23H26N4O2S/c1-16-20(15-18-9-5-4-6-10-18)22(29)27(3)23(26-16)30-17(2)21(28)25-14-12-19-11-7-8-13-24-19/h4-11,13,17H,12,14-15H2,1-3H3,(H,25,28). The van der Waals surface area contributed by atoms with Gasteiger partial charge in [-0.25, -0.2) is 4.98 Å². The van der Waals surface area contributed by atoms with E-state index in [0.29, 0.717) is 35.8 Å². The molecular weight excluding hydrogens is 396 g/mol. The lowest BCUT2D eigenvalue weighted by atomic mass is 10.1. The number of hydrogen-bond acceptors (Lipinski definition) is 5. The van der Waals surface area contributed by atoms with E-state index in [1.165, 1.54) is 16.3 Å². The molecule has 0 aliphatic rings. The van der Waals surface area contributed by atoms with Crippen LogP contribution in [-0.2, 0) is 24.7 Å². The second-order valence-electron chi connectivity index (χ2n) is 7.11. The number of aryl methyl sites for hydroxylation is 1. The summed E-state index contributed by atoms with van der Waals surface area (Å²) in [5.74, 6) is -0.0869. The molecule has 1 aromatic carbocycles. The molecule has 3 rings (SSSR count). The van der Waals surface area contributed by atoms with Crippen molar-refractivity contribution in [1.29, 1.82) is 0 Å². The third-order valence-corrected chi connectivity index (χ3v) is 5.98. The molecule has 0 radical (unpaired) electrons. The number of thioether (sulfide) groups is 1. The van der Waals surface area contributed by atoms with Gasteiger partial charge in [0.15, 0.2) is 5.16 Å². The predicted molar refractivity (Wildman–Crippen MR) is 120 cm³/mol. The topological polar surface area (TPSA) is 76.9 Å². The molecule has 2 aromatic heterocycles. The van der Waals surface area contributed by atoms with Crippen molar-refractivity contribution in [2.45, 2.75) is 37.1 Å². The van der Waals surface area contributed by atoms with Crippen molar-refractivity contribution < 1.29 is 4.79 Å². The zero-order valence-electron chi connectivity index (χ0n) is 17.5. The molecule has 30 heavy (non-hydrogen) atoms. The minimum atomic E-state index is -0.369. The van der Waals surface area contributed by atoms with E-state index in [9.17, 15) is 9.59 Å². The van der Waals surface area contributed by atoms with Crippen LogP contribution >= 0.6 is 11.8 Å². The monoisotopic (exact) mass is 422 g/mol. The average Bonchev–Trinajstić information content (AvgIpc) is 2.76. The van der Waals surface area contributed by atoms with Crippen LogP contribution in [0.15, 0.2) is 64.7 Å². The summed E-state index contributed by atoms with van der Waals surface area (Å²) in [6.45, 7) is 4.18. The van der Waals surface area contributed by atoms with Gasteiger partial charge in [0.05, 0.1) is 5.25 Å². The van der Waals surface area contributed by atoms with Gasteiger partial charge in [0.2, 0.25) is 5.91 Å². The zero-order chi connectivity index (χ0) is 21.5. The molecule has 1 unspecified atom stereocenters. The second kappa shape index (κ2) is 10.2. The lowest BCUT2D eigenvalue weighted by Gasteiger charge is -2.15. The van der Waals surface area contributed by atoms with Gasteiger partial charge in [-0.3, -0.25) is 19.1 Å². The first kappa shape index (κ1) is 21.8. The summed E-state index contributed by atoms with van der Waals surface area (Å²) in [5, 5.41) is 3.10. The van der Waals surface area contributed by atoms with E-state index in [2.05, 4.69) is 15.3 Å². The average molecular weight is 423 g/mol. The highest BCUT2D eigenvalue weighted by molar-refractivity contribution is 8.00. The fourth-order valence-electron chi connectivity index (χ4n) is 3.05. The quantitative estimate of drug-likeness (QED) is 0.446. The molecule has 1 amide bonds. The first-order valence-corrected chi connectivity index (χ1v) is 10.8. The van der Waals surface area contributed by atoms with E-state index in [4.69, 9.17) is 0 Å². The third-order valence-electron chi connectivity index (χ3n) is 4.83. The third kappa shape index (κ3) is 5.57. The maximum absolute atomic E-state index is 12.9. The van der Waals surface area contributed by atoms with Gasteiger partial charge >= 0.3 is 0 Å². The minimum Gasteiger partial charge on any atom is -0.355 e. The molecule has 7 heteroatoms.